The Morgan fingerprint density at radius 3 is 1.02 bits per heavy atom. The van der Waals surface area contributed by atoms with E-state index in [1.54, 1.807) is 0 Å². The lowest BCUT2D eigenvalue weighted by molar-refractivity contribution is 0.990. The van der Waals surface area contributed by atoms with Gasteiger partial charge in [0.1, 0.15) is 5.57 Å². The maximum absolute atomic E-state index is 5.46. The van der Waals surface area contributed by atoms with Crippen molar-refractivity contribution in [2.24, 2.45) is 7.05 Å². The fraction of sp³-hybridized carbons (Fsp3) is 0.0227. The van der Waals surface area contributed by atoms with Crippen LogP contribution in [-0.2, 0) is 7.05 Å². The van der Waals surface area contributed by atoms with Crippen LogP contribution in [0.25, 0.3) is 11.0 Å². The lowest BCUT2D eigenvalue weighted by atomic mass is 10.3. The molecule has 0 saturated heterocycles. The van der Waals surface area contributed by atoms with E-state index in [4.69, 9.17) is 4.98 Å². The third-order valence-electron chi connectivity index (χ3n) is 8.75. The topological polar surface area (TPSA) is 17.8 Å². The van der Waals surface area contributed by atoms with Crippen LogP contribution in [0.2, 0.25) is 0 Å². The molecule has 0 unspecified atom stereocenters. The van der Waals surface area contributed by atoms with E-state index in [-0.39, 0.29) is 0 Å². The Kier molecular flexibility index (Phi) is 9.29. The lowest BCUT2D eigenvalue weighted by Gasteiger charge is -2.30. The molecular weight excluding hydrogens is 649 g/mol. The first-order valence-corrected chi connectivity index (χ1v) is 20.5. The molecular formula is C44H35N2P3. The standard InChI is InChI=1S/C44H35N2P3/c1-46-39-29-15-14-28-38(39)45-44(46)49(42-32-18-16-30-40(42)47(34-20-6-2-7-21-34)35-22-8-3-9-23-35)43-33-19-17-31-41(43)48(36-24-10-4-11-25-36)37-26-12-5-13-27-37/h2-33H,1H3. The highest BCUT2D eigenvalue weighted by Gasteiger charge is 2.32. The van der Waals surface area contributed by atoms with Crippen LogP contribution in [0.15, 0.2) is 194 Å². The van der Waals surface area contributed by atoms with Gasteiger partial charge in [0.25, 0.3) is 0 Å². The van der Waals surface area contributed by atoms with Crippen LogP contribution in [0.3, 0.4) is 0 Å². The zero-order valence-corrected chi connectivity index (χ0v) is 29.9. The highest BCUT2D eigenvalue weighted by atomic mass is 31.1. The van der Waals surface area contributed by atoms with Crippen LogP contribution in [0.5, 0.6) is 0 Å². The molecule has 0 radical (unpaired) electrons. The first-order chi connectivity index (χ1) is 24.3. The van der Waals surface area contributed by atoms with Crippen molar-refractivity contribution < 1.29 is 0 Å². The van der Waals surface area contributed by atoms with E-state index < -0.39 is 23.8 Å². The van der Waals surface area contributed by atoms with E-state index in [2.05, 4.69) is 206 Å². The smallest absolute Gasteiger partial charge is 0.141 e. The van der Waals surface area contributed by atoms with Crippen LogP contribution < -0.4 is 48.0 Å². The summed E-state index contributed by atoms with van der Waals surface area (Å²) in [5.74, 6) is 0. The molecule has 7 aromatic carbocycles. The molecule has 0 atom stereocenters. The minimum Gasteiger partial charge on any atom is -0.327 e. The molecule has 1 heterocycles. The summed E-state index contributed by atoms with van der Waals surface area (Å²) in [6, 6.07) is 71.2. The van der Waals surface area contributed by atoms with Crippen LogP contribution in [0.4, 0.5) is 0 Å². The quantitative estimate of drug-likeness (QED) is 0.152. The summed E-state index contributed by atoms with van der Waals surface area (Å²) in [6.45, 7) is 0. The number of hydrogen-bond acceptors (Lipinski definition) is 1. The van der Waals surface area contributed by atoms with Gasteiger partial charge in [-0.2, -0.15) is 0 Å². The molecule has 2 nitrogen and oxygen atoms in total. The van der Waals surface area contributed by atoms with Gasteiger partial charge in [-0.05, 0) is 70.4 Å². The summed E-state index contributed by atoms with van der Waals surface area (Å²) in [5.41, 5.74) is 3.30. The van der Waals surface area contributed by atoms with Crippen molar-refractivity contribution in [1.82, 2.24) is 9.55 Å². The minimum absolute atomic E-state index is 0.841. The van der Waals surface area contributed by atoms with Gasteiger partial charge in [0.2, 0.25) is 0 Å². The SMILES string of the molecule is Cn1c(P(c2ccccc2P(c2ccccc2)c2ccccc2)c2ccccc2P(c2ccccc2)c2ccccc2)nc2ccccc21. The largest absolute Gasteiger partial charge is 0.327 e. The first-order valence-electron chi connectivity index (χ1n) is 16.5. The number of rotatable bonds is 9. The van der Waals surface area contributed by atoms with Gasteiger partial charge in [-0.15, -0.1) is 0 Å². The molecule has 1 aromatic heterocycles. The van der Waals surface area contributed by atoms with Gasteiger partial charge in [-0.25, -0.2) is 4.98 Å². The number of aromatic nitrogens is 2. The number of benzene rings is 7. The molecule has 0 N–H and O–H groups in total. The predicted molar refractivity (Wildman–Crippen MR) is 217 cm³/mol. The van der Waals surface area contributed by atoms with Crippen molar-refractivity contribution >= 4 is 82.8 Å². The second kappa shape index (κ2) is 14.4. The molecule has 8 aromatic rings. The van der Waals surface area contributed by atoms with Gasteiger partial charge < -0.3 is 4.57 Å². The van der Waals surface area contributed by atoms with Crippen molar-refractivity contribution in [1.29, 1.82) is 0 Å². The lowest BCUT2D eigenvalue weighted by Crippen LogP contribution is -2.41. The Morgan fingerprint density at radius 1 is 0.347 bits per heavy atom. The molecule has 0 aliphatic heterocycles. The Labute approximate surface area is 292 Å². The molecule has 0 spiro atoms. The molecule has 0 saturated carbocycles. The molecule has 49 heavy (non-hydrogen) atoms. The summed E-state index contributed by atoms with van der Waals surface area (Å²) in [6.07, 6.45) is 0. The van der Waals surface area contributed by atoms with Crippen LogP contribution in [-0.4, -0.2) is 9.55 Å². The summed E-state index contributed by atoms with van der Waals surface area (Å²) in [5, 5.41) is 10.9. The molecule has 0 bridgehead atoms. The third kappa shape index (κ3) is 6.30. The van der Waals surface area contributed by atoms with Crippen LogP contribution in [0, 0.1) is 0 Å². The molecule has 8 rings (SSSR count). The van der Waals surface area contributed by atoms with Gasteiger partial charge in [0.15, 0.2) is 0 Å². The van der Waals surface area contributed by atoms with E-state index in [1.165, 1.54) is 42.4 Å². The average Bonchev–Trinajstić information content (AvgIpc) is 3.50. The summed E-state index contributed by atoms with van der Waals surface area (Å²) in [4.78, 5) is 5.46. The highest BCUT2D eigenvalue weighted by Crippen LogP contribution is 2.42. The minimum atomic E-state index is -1.10. The Balaban J connectivity index is 1.43. The molecule has 0 aliphatic rings. The Morgan fingerprint density at radius 2 is 0.653 bits per heavy atom. The summed E-state index contributed by atoms with van der Waals surface area (Å²) in [7, 11) is -0.586. The third-order valence-corrected chi connectivity index (χ3v) is 16.6. The second-order valence-corrected chi connectivity index (χ2v) is 18.2. The average molecular weight is 685 g/mol. The fourth-order valence-corrected chi connectivity index (χ4v) is 14.8. The molecule has 236 valence electrons. The number of hydrogen-bond donors (Lipinski definition) is 0. The van der Waals surface area contributed by atoms with Crippen molar-refractivity contribution in [2.45, 2.75) is 0 Å². The van der Waals surface area contributed by atoms with E-state index in [0.29, 0.717) is 0 Å². The Hall–Kier alpha value is -4.70. The van der Waals surface area contributed by atoms with E-state index in [1.807, 2.05) is 0 Å². The summed E-state index contributed by atoms with van der Waals surface area (Å²) >= 11 is 0. The van der Waals surface area contributed by atoms with Crippen molar-refractivity contribution in [3.8, 4) is 0 Å². The number of nitrogens with zero attached hydrogens (tertiary/aromatic N) is 2. The van der Waals surface area contributed by atoms with Crippen molar-refractivity contribution in [3.63, 3.8) is 0 Å². The van der Waals surface area contributed by atoms with Gasteiger partial charge in [0, 0.05) is 15.0 Å². The predicted octanol–water partition coefficient (Wildman–Crippen LogP) is 6.85. The highest BCUT2D eigenvalue weighted by molar-refractivity contribution is 7.87. The number of imidazole rings is 1. The van der Waals surface area contributed by atoms with Gasteiger partial charge in [0.05, 0.1) is 11.0 Å². The zero-order valence-electron chi connectivity index (χ0n) is 27.2. The summed E-state index contributed by atoms with van der Waals surface area (Å²) < 4.78 is 2.34. The first kappa shape index (κ1) is 31.6. The zero-order chi connectivity index (χ0) is 33.0. The fourth-order valence-electron chi connectivity index (χ4n) is 6.53. The van der Waals surface area contributed by atoms with E-state index >= 15 is 0 Å². The van der Waals surface area contributed by atoms with Crippen LogP contribution >= 0.6 is 23.8 Å². The van der Waals surface area contributed by atoms with Crippen molar-refractivity contribution in [3.05, 3.63) is 194 Å². The van der Waals surface area contributed by atoms with E-state index in [9.17, 15) is 0 Å². The van der Waals surface area contributed by atoms with Crippen LogP contribution in [0.1, 0.15) is 0 Å². The van der Waals surface area contributed by atoms with Crippen molar-refractivity contribution in [2.75, 3.05) is 0 Å². The molecule has 0 fully saturated rings. The van der Waals surface area contributed by atoms with Gasteiger partial charge >= 0.3 is 0 Å². The molecule has 0 amide bonds. The second-order valence-electron chi connectivity index (χ2n) is 11.8. The monoisotopic (exact) mass is 684 g/mol. The molecule has 5 heteroatoms. The number of para-hydroxylation sites is 2. The number of fused-ring (bicyclic) bond motifs is 1. The maximum atomic E-state index is 5.46. The number of aryl methyl sites for hydroxylation is 1. The van der Waals surface area contributed by atoms with E-state index in [0.717, 1.165) is 16.6 Å². The normalized spacial score (nSPS) is 11.5. The Bertz CT molecular complexity index is 2100. The maximum Gasteiger partial charge on any atom is 0.141 e. The van der Waals surface area contributed by atoms with Gasteiger partial charge in [-0.1, -0.05) is 182 Å². The van der Waals surface area contributed by atoms with Gasteiger partial charge in [-0.3, -0.25) is 0 Å². The molecule has 0 aliphatic carbocycles.